The lowest BCUT2D eigenvalue weighted by Crippen LogP contribution is -2.17. The van der Waals surface area contributed by atoms with Gasteiger partial charge in [0.2, 0.25) is 0 Å². The number of fused-ring (bicyclic) bond motifs is 1. The van der Waals surface area contributed by atoms with Crippen LogP contribution in [0.5, 0.6) is 0 Å². The van der Waals surface area contributed by atoms with Gasteiger partial charge in [-0.15, -0.1) is 0 Å². The number of hydrogen-bond donors (Lipinski definition) is 2. The van der Waals surface area contributed by atoms with E-state index in [-0.39, 0.29) is 5.91 Å². The Morgan fingerprint density at radius 1 is 1.10 bits per heavy atom. The number of aryl methyl sites for hydroxylation is 2. The molecule has 1 aromatic carbocycles. The van der Waals surface area contributed by atoms with Crippen LogP contribution in [0.3, 0.4) is 0 Å². The van der Waals surface area contributed by atoms with E-state index in [0.29, 0.717) is 39.5 Å². The van der Waals surface area contributed by atoms with E-state index in [1.54, 1.807) is 24.5 Å². The summed E-state index contributed by atoms with van der Waals surface area (Å²) in [4.78, 5) is 21.4. The molecule has 3 N–H and O–H groups in total. The number of rotatable bonds is 4. The number of anilines is 2. The molecule has 0 unspecified atom stereocenters. The van der Waals surface area contributed by atoms with Gasteiger partial charge in [0.1, 0.15) is 34.9 Å². The SMILES string of the molecule is Cc1cc(C(=O)Nc2ccc(-n3ccnc3C)cc2)n(-c2coc3ccnc(N)c23)n1. The maximum Gasteiger partial charge on any atom is 0.274 e. The lowest BCUT2D eigenvalue weighted by Gasteiger charge is -2.09. The molecule has 0 aliphatic rings. The van der Waals surface area contributed by atoms with Gasteiger partial charge in [-0.05, 0) is 50.2 Å². The van der Waals surface area contributed by atoms with E-state index in [1.165, 1.54) is 10.9 Å². The highest BCUT2D eigenvalue weighted by Gasteiger charge is 2.20. The molecular weight excluding hydrogens is 394 g/mol. The number of nitrogens with one attached hydrogen (secondary N) is 1. The molecule has 0 spiro atoms. The molecule has 0 saturated carbocycles. The Balaban J connectivity index is 1.46. The third-order valence-corrected chi connectivity index (χ3v) is 5.02. The number of carbonyl (C=O) groups excluding carboxylic acids is 1. The molecular formula is C22H19N7O2. The summed E-state index contributed by atoms with van der Waals surface area (Å²) in [5.41, 5.74) is 9.85. The number of aromatic nitrogens is 5. The number of imidazole rings is 1. The van der Waals surface area contributed by atoms with Crippen LogP contribution >= 0.6 is 0 Å². The topological polar surface area (TPSA) is 117 Å². The molecule has 31 heavy (non-hydrogen) atoms. The minimum Gasteiger partial charge on any atom is -0.462 e. The highest BCUT2D eigenvalue weighted by molar-refractivity contribution is 6.04. The van der Waals surface area contributed by atoms with E-state index < -0.39 is 0 Å². The third kappa shape index (κ3) is 3.21. The van der Waals surface area contributed by atoms with Crippen molar-refractivity contribution in [1.82, 2.24) is 24.3 Å². The lowest BCUT2D eigenvalue weighted by molar-refractivity contribution is 0.101. The largest absolute Gasteiger partial charge is 0.462 e. The van der Waals surface area contributed by atoms with Gasteiger partial charge in [-0.2, -0.15) is 5.10 Å². The van der Waals surface area contributed by atoms with Crippen LogP contribution in [0.25, 0.3) is 22.3 Å². The fraction of sp³-hybridized carbons (Fsp3) is 0.0909. The molecule has 0 aliphatic carbocycles. The Hall–Kier alpha value is -4.40. The van der Waals surface area contributed by atoms with Crippen molar-refractivity contribution in [3.63, 3.8) is 0 Å². The van der Waals surface area contributed by atoms with Crippen molar-refractivity contribution < 1.29 is 9.21 Å². The second kappa shape index (κ2) is 7.13. The van der Waals surface area contributed by atoms with Crippen LogP contribution in [0.4, 0.5) is 11.5 Å². The average Bonchev–Trinajstić information content (AvgIpc) is 3.47. The van der Waals surface area contributed by atoms with Gasteiger partial charge in [-0.1, -0.05) is 0 Å². The zero-order valence-corrected chi connectivity index (χ0v) is 16.9. The number of nitrogens with zero attached hydrogens (tertiary/aromatic N) is 5. The number of amides is 1. The van der Waals surface area contributed by atoms with Gasteiger partial charge >= 0.3 is 0 Å². The van der Waals surface area contributed by atoms with Crippen LogP contribution in [0.1, 0.15) is 22.0 Å². The molecule has 0 atom stereocenters. The fourth-order valence-corrected chi connectivity index (χ4v) is 3.55. The average molecular weight is 413 g/mol. The van der Waals surface area contributed by atoms with Crippen molar-refractivity contribution in [3.8, 4) is 11.4 Å². The minimum absolute atomic E-state index is 0.302. The van der Waals surface area contributed by atoms with E-state index in [2.05, 4.69) is 20.4 Å². The lowest BCUT2D eigenvalue weighted by atomic mass is 10.2. The predicted molar refractivity (Wildman–Crippen MR) is 117 cm³/mol. The van der Waals surface area contributed by atoms with Gasteiger partial charge < -0.3 is 20.0 Å². The Morgan fingerprint density at radius 3 is 2.65 bits per heavy atom. The van der Waals surface area contributed by atoms with E-state index in [9.17, 15) is 4.79 Å². The predicted octanol–water partition coefficient (Wildman–Crippen LogP) is 3.65. The quantitative estimate of drug-likeness (QED) is 0.464. The first-order chi connectivity index (χ1) is 15.0. The molecule has 0 bridgehead atoms. The maximum absolute atomic E-state index is 13.1. The summed E-state index contributed by atoms with van der Waals surface area (Å²) in [6.45, 7) is 3.75. The molecule has 4 heterocycles. The molecule has 5 rings (SSSR count). The van der Waals surface area contributed by atoms with Crippen molar-refractivity contribution >= 4 is 28.4 Å². The van der Waals surface area contributed by atoms with Crippen molar-refractivity contribution in [2.45, 2.75) is 13.8 Å². The van der Waals surface area contributed by atoms with Gasteiger partial charge in [0, 0.05) is 30.0 Å². The number of nitrogens with two attached hydrogens (primary N) is 1. The van der Waals surface area contributed by atoms with Crippen LogP contribution in [0.2, 0.25) is 0 Å². The summed E-state index contributed by atoms with van der Waals surface area (Å²) in [5.74, 6) is 0.896. The van der Waals surface area contributed by atoms with Crippen LogP contribution in [-0.4, -0.2) is 30.2 Å². The van der Waals surface area contributed by atoms with Crippen LogP contribution in [-0.2, 0) is 0 Å². The third-order valence-electron chi connectivity index (χ3n) is 5.02. The fourth-order valence-electron chi connectivity index (χ4n) is 3.55. The Morgan fingerprint density at radius 2 is 1.90 bits per heavy atom. The highest BCUT2D eigenvalue weighted by atomic mass is 16.3. The first-order valence-electron chi connectivity index (χ1n) is 9.62. The van der Waals surface area contributed by atoms with Gasteiger partial charge in [-0.25, -0.2) is 14.6 Å². The summed E-state index contributed by atoms with van der Waals surface area (Å²) in [7, 11) is 0. The van der Waals surface area contributed by atoms with Gasteiger partial charge in [-0.3, -0.25) is 4.79 Å². The molecule has 1 amide bonds. The number of furan rings is 1. The molecule has 9 nitrogen and oxygen atoms in total. The second-order valence-corrected chi connectivity index (χ2v) is 7.12. The van der Waals surface area contributed by atoms with Gasteiger partial charge in [0.15, 0.2) is 0 Å². The van der Waals surface area contributed by atoms with E-state index in [1.807, 2.05) is 48.9 Å². The van der Waals surface area contributed by atoms with Crippen LogP contribution in [0.15, 0.2) is 65.7 Å². The van der Waals surface area contributed by atoms with E-state index in [0.717, 1.165) is 11.5 Å². The molecule has 9 heteroatoms. The summed E-state index contributed by atoms with van der Waals surface area (Å²) in [5, 5.41) is 8.00. The molecule has 0 radical (unpaired) electrons. The second-order valence-electron chi connectivity index (χ2n) is 7.12. The highest BCUT2D eigenvalue weighted by Crippen LogP contribution is 2.29. The van der Waals surface area contributed by atoms with Gasteiger partial charge in [0.05, 0.1) is 11.1 Å². The number of carbonyl (C=O) groups is 1. The summed E-state index contributed by atoms with van der Waals surface area (Å²) in [6.07, 6.45) is 6.73. The molecule has 4 aromatic heterocycles. The molecule has 0 fully saturated rings. The van der Waals surface area contributed by atoms with Crippen molar-refractivity contribution in [1.29, 1.82) is 0 Å². The zero-order chi connectivity index (χ0) is 21.5. The Bertz CT molecular complexity index is 1410. The standard InChI is InChI=1S/C22H19N7O2/c1-13-11-17(29(27-13)18-12-31-19-7-8-25-21(23)20(18)19)22(30)26-15-3-5-16(6-4-15)28-10-9-24-14(28)2/h3-12H,1-2H3,(H2,23,25)(H,26,30). The van der Waals surface area contributed by atoms with E-state index in [4.69, 9.17) is 10.2 Å². The zero-order valence-electron chi connectivity index (χ0n) is 16.9. The van der Waals surface area contributed by atoms with Crippen molar-refractivity contribution in [3.05, 3.63) is 78.5 Å². The minimum atomic E-state index is -0.302. The van der Waals surface area contributed by atoms with Crippen molar-refractivity contribution in [2.75, 3.05) is 11.1 Å². The summed E-state index contributed by atoms with van der Waals surface area (Å²) >= 11 is 0. The Labute approximate surface area is 177 Å². The molecule has 5 aromatic rings. The normalized spacial score (nSPS) is 11.2. The summed E-state index contributed by atoms with van der Waals surface area (Å²) in [6, 6.07) is 11.0. The first kappa shape index (κ1) is 18.6. The number of pyridine rings is 1. The van der Waals surface area contributed by atoms with Crippen LogP contribution < -0.4 is 11.1 Å². The number of benzene rings is 1. The van der Waals surface area contributed by atoms with E-state index >= 15 is 0 Å². The first-order valence-corrected chi connectivity index (χ1v) is 9.62. The van der Waals surface area contributed by atoms with Crippen LogP contribution in [0, 0.1) is 13.8 Å². The molecule has 0 saturated heterocycles. The van der Waals surface area contributed by atoms with Gasteiger partial charge in [0.25, 0.3) is 5.91 Å². The smallest absolute Gasteiger partial charge is 0.274 e. The van der Waals surface area contributed by atoms with Crippen molar-refractivity contribution in [2.24, 2.45) is 0 Å². The Kier molecular flexibility index (Phi) is 4.28. The molecule has 0 aliphatic heterocycles. The maximum atomic E-state index is 13.1. The summed E-state index contributed by atoms with van der Waals surface area (Å²) < 4.78 is 9.08. The molecule has 154 valence electrons. The monoisotopic (exact) mass is 413 g/mol. The number of nitrogen functional groups attached to an aromatic ring is 1. The number of hydrogen-bond acceptors (Lipinski definition) is 6.